The number of benzene rings is 2. The van der Waals surface area contributed by atoms with Gasteiger partial charge in [-0.2, -0.15) is 0 Å². The molecule has 0 N–H and O–H groups in total. The van der Waals surface area contributed by atoms with E-state index in [-0.39, 0.29) is 4.83 Å². The monoisotopic (exact) mass is 398 g/mol. The van der Waals surface area contributed by atoms with E-state index >= 15 is 0 Å². The zero-order valence-electron chi connectivity index (χ0n) is 11.4. The van der Waals surface area contributed by atoms with E-state index in [0.717, 1.165) is 28.0 Å². The van der Waals surface area contributed by atoms with Crippen LogP contribution in [0.1, 0.15) is 16.0 Å². The van der Waals surface area contributed by atoms with Crippen molar-refractivity contribution in [3.63, 3.8) is 0 Å². The Bertz CT molecular complexity index is 567. The zero-order chi connectivity index (χ0) is 14.5. The van der Waals surface area contributed by atoms with Gasteiger partial charge in [0.05, 0.1) is 14.2 Å². The number of hydrogen-bond acceptors (Lipinski definition) is 2. The van der Waals surface area contributed by atoms with Crippen LogP contribution in [0.15, 0.2) is 46.9 Å². The minimum Gasteiger partial charge on any atom is -0.497 e. The van der Waals surface area contributed by atoms with E-state index in [9.17, 15) is 0 Å². The average Bonchev–Trinajstić information content (AvgIpc) is 2.48. The van der Waals surface area contributed by atoms with Crippen LogP contribution in [0.25, 0.3) is 0 Å². The van der Waals surface area contributed by atoms with Crippen LogP contribution in [-0.4, -0.2) is 14.2 Å². The van der Waals surface area contributed by atoms with E-state index in [1.165, 1.54) is 5.56 Å². The smallest absolute Gasteiger partial charge is 0.126 e. The Labute approximate surface area is 136 Å². The molecule has 0 aromatic heterocycles. The van der Waals surface area contributed by atoms with Gasteiger partial charge in [0.15, 0.2) is 0 Å². The number of methoxy groups -OCH3 is 2. The summed E-state index contributed by atoms with van der Waals surface area (Å²) in [4.78, 5) is 0.199. The standard InChI is InChI=1S/C16H16Br2O2/c1-19-13-7-8-14(16(10-13)20-2)15(18)9-11-3-5-12(17)6-4-11/h3-8,10,15H,9H2,1-2H3. The molecule has 0 amide bonds. The van der Waals surface area contributed by atoms with Gasteiger partial charge in [-0.15, -0.1) is 0 Å². The van der Waals surface area contributed by atoms with Crippen molar-refractivity contribution in [2.24, 2.45) is 0 Å². The lowest BCUT2D eigenvalue weighted by molar-refractivity contribution is 0.391. The van der Waals surface area contributed by atoms with E-state index in [0.29, 0.717) is 0 Å². The molecule has 0 radical (unpaired) electrons. The van der Waals surface area contributed by atoms with Crippen LogP contribution in [0, 0.1) is 0 Å². The molecule has 0 saturated carbocycles. The predicted octanol–water partition coefficient (Wildman–Crippen LogP) is 5.15. The summed E-state index contributed by atoms with van der Waals surface area (Å²) in [6.07, 6.45) is 0.899. The summed E-state index contributed by atoms with van der Waals surface area (Å²) in [6, 6.07) is 14.2. The Balaban J connectivity index is 2.20. The lowest BCUT2D eigenvalue weighted by atomic mass is 10.0. The number of halogens is 2. The third-order valence-electron chi connectivity index (χ3n) is 3.11. The second-order valence-electron chi connectivity index (χ2n) is 4.41. The highest BCUT2D eigenvalue weighted by molar-refractivity contribution is 9.10. The first-order valence-electron chi connectivity index (χ1n) is 6.24. The summed E-state index contributed by atoms with van der Waals surface area (Å²) >= 11 is 7.20. The Morgan fingerprint density at radius 2 is 1.70 bits per heavy atom. The molecule has 0 bridgehead atoms. The molecule has 106 valence electrons. The Morgan fingerprint density at radius 1 is 1.00 bits per heavy atom. The van der Waals surface area contributed by atoms with Crippen molar-refractivity contribution in [2.45, 2.75) is 11.2 Å². The fourth-order valence-corrected chi connectivity index (χ4v) is 3.03. The minimum absolute atomic E-state index is 0.199. The molecule has 2 aromatic carbocycles. The molecule has 0 aliphatic heterocycles. The molecule has 0 aliphatic carbocycles. The van der Waals surface area contributed by atoms with Crippen LogP contribution < -0.4 is 9.47 Å². The van der Waals surface area contributed by atoms with Gasteiger partial charge in [-0.25, -0.2) is 0 Å². The highest BCUT2D eigenvalue weighted by Crippen LogP contribution is 2.36. The first kappa shape index (κ1) is 15.4. The maximum Gasteiger partial charge on any atom is 0.126 e. The van der Waals surface area contributed by atoms with Gasteiger partial charge in [-0.05, 0) is 30.2 Å². The van der Waals surface area contributed by atoms with Crippen LogP contribution in [-0.2, 0) is 6.42 Å². The van der Waals surface area contributed by atoms with Crippen molar-refractivity contribution >= 4 is 31.9 Å². The molecule has 2 nitrogen and oxygen atoms in total. The number of ether oxygens (including phenoxy) is 2. The summed E-state index contributed by atoms with van der Waals surface area (Å²) in [7, 11) is 3.33. The summed E-state index contributed by atoms with van der Waals surface area (Å²) in [5.41, 5.74) is 2.39. The minimum atomic E-state index is 0.199. The lowest BCUT2D eigenvalue weighted by Gasteiger charge is -2.15. The molecule has 1 atom stereocenters. The first-order valence-corrected chi connectivity index (χ1v) is 7.95. The maximum absolute atomic E-state index is 5.45. The topological polar surface area (TPSA) is 18.5 Å². The van der Waals surface area contributed by atoms with Crippen molar-refractivity contribution in [2.75, 3.05) is 14.2 Å². The van der Waals surface area contributed by atoms with Gasteiger partial charge in [0, 0.05) is 20.9 Å². The molecule has 0 spiro atoms. The number of alkyl halides is 1. The molecular weight excluding hydrogens is 384 g/mol. The highest BCUT2D eigenvalue weighted by atomic mass is 79.9. The van der Waals surface area contributed by atoms with E-state index in [1.54, 1.807) is 14.2 Å². The second kappa shape index (κ2) is 7.14. The van der Waals surface area contributed by atoms with Crippen molar-refractivity contribution < 1.29 is 9.47 Å². The normalized spacial score (nSPS) is 12.0. The summed E-state index contributed by atoms with van der Waals surface area (Å²) in [6.45, 7) is 0. The van der Waals surface area contributed by atoms with Crippen LogP contribution in [0.5, 0.6) is 11.5 Å². The van der Waals surface area contributed by atoms with Crippen molar-refractivity contribution in [3.8, 4) is 11.5 Å². The zero-order valence-corrected chi connectivity index (χ0v) is 14.6. The van der Waals surface area contributed by atoms with Crippen LogP contribution in [0.2, 0.25) is 0 Å². The molecule has 20 heavy (non-hydrogen) atoms. The van der Waals surface area contributed by atoms with Gasteiger partial charge in [0.25, 0.3) is 0 Å². The quantitative estimate of drug-likeness (QED) is 0.647. The van der Waals surface area contributed by atoms with E-state index in [4.69, 9.17) is 9.47 Å². The largest absolute Gasteiger partial charge is 0.497 e. The van der Waals surface area contributed by atoms with Crippen molar-refractivity contribution in [3.05, 3.63) is 58.1 Å². The molecule has 0 heterocycles. The number of rotatable bonds is 5. The van der Waals surface area contributed by atoms with Gasteiger partial charge in [0.1, 0.15) is 11.5 Å². The van der Waals surface area contributed by atoms with Crippen molar-refractivity contribution in [1.29, 1.82) is 0 Å². The van der Waals surface area contributed by atoms with Crippen molar-refractivity contribution in [1.82, 2.24) is 0 Å². The average molecular weight is 400 g/mol. The second-order valence-corrected chi connectivity index (χ2v) is 6.43. The molecule has 0 fully saturated rings. The summed E-state index contributed by atoms with van der Waals surface area (Å²) < 4.78 is 11.8. The molecule has 2 aromatic rings. The van der Waals surface area contributed by atoms with E-state index in [1.807, 2.05) is 18.2 Å². The highest BCUT2D eigenvalue weighted by Gasteiger charge is 2.14. The van der Waals surface area contributed by atoms with Gasteiger partial charge in [-0.1, -0.05) is 50.1 Å². The first-order chi connectivity index (χ1) is 9.63. The van der Waals surface area contributed by atoms with Gasteiger partial charge in [0.2, 0.25) is 0 Å². The lowest BCUT2D eigenvalue weighted by Crippen LogP contribution is -1.99. The third kappa shape index (κ3) is 3.76. The fourth-order valence-electron chi connectivity index (χ4n) is 2.01. The SMILES string of the molecule is COc1ccc(C(Br)Cc2ccc(Br)cc2)c(OC)c1. The van der Waals surface area contributed by atoms with E-state index < -0.39 is 0 Å². The fraction of sp³-hybridized carbons (Fsp3) is 0.250. The third-order valence-corrected chi connectivity index (χ3v) is 4.45. The summed E-state index contributed by atoms with van der Waals surface area (Å²) in [5.74, 6) is 1.64. The molecule has 4 heteroatoms. The van der Waals surface area contributed by atoms with Gasteiger partial charge < -0.3 is 9.47 Å². The predicted molar refractivity (Wildman–Crippen MR) is 89.1 cm³/mol. The van der Waals surface area contributed by atoms with Crippen LogP contribution in [0.3, 0.4) is 0 Å². The number of hydrogen-bond donors (Lipinski definition) is 0. The van der Waals surface area contributed by atoms with Gasteiger partial charge >= 0.3 is 0 Å². The van der Waals surface area contributed by atoms with Crippen LogP contribution in [0.4, 0.5) is 0 Å². The molecule has 1 unspecified atom stereocenters. The van der Waals surface area contributed by atoms with Gasteiger partial charge in [-0.3, -0.25) is 0 Å². The molecule has 0 aliphatic rings. The Morgan fingerprint density at radius 3 is 2.30 bits per heavy atom. The Kier molecular flexibility index (Phi) is 5.49. The molecule has 0 saturated heterocycles. The van der Waals surface area contributed by atoms with Crippen LogP contribution >= 0.6 is 31.9 Å². The van der Waals surface area contributed by atoms with E-state index in [2.05, 4.69) is 56.1 Å². The molecular formula is C16H16Br2O2. The molecule has 2 rings (SSSR count). The summed E-state index contributed by atoms with van der Waals surface area (Å²) in [5, 5.41) is 0. The maximum atomic E-state index is 5.45. The Hall–Kier alpha value is -1.00.